The van der Waals surface area contributed by atoms with Gasteiger partial charge >= 0.3 is 0 Å². The molecule has 2 nitrogen and oxygen atoms in total. The molecule has 0 saturated heterocycles. The Bertz CT molecular complexity index is 40.8. The highest BCUT2D eigenvalue weighted by Crippen LogP contribution is 1.79. The summed E-state index contributed by atoms with van der Waals surface area (Å²) in [5.74, 6) is 0. The second-order valence-corrected chi connectivity index (χ2v) is 2.60. The lowest BCUT2D eigenvalue weighted by Gasteiger charge is -1.89. The minimum atomic E-state index is 0.844. The van der Waals surface area contributed by atoms with Crippen molar-refractivity contribution < 1.29 is 0 Å². The van der Waals surface area contributed by atoms with Gasteiger partial charge in [-0.15, -0.1) is 0 Å². The SMILES string of the molecule is CCCCN.CCCCNC. The first kappa shape index (κ1) is 13.5. The summed E-state index contributed by atoms with van der Waals surface area (Å²) in [4.78, 5) is 0. The zero-order chi connectivity index (χ0) is 8.95. The third-order valence-electron chi connectivity index (χ3n) is 1.34. The first-order chi connectivity index (χ1) is 5.33. The van der Waals surface area contributed by atoms with Crippen molar-refractivity contribution in [2.45, 2.75) is 39.5 Å². The van der Waals surface area contributed by atoms with E-state index in [1.54, 1.807) is 0 Å². The third-order valence-corrected chi connectivity index (χ3v) is 1.34. The summed E-state index contributed by atoms with van der Waals surface area (Å²) in [7, 11) is 1.98. The van der Waals surface area contributed by atoms with Gasteiger partial charge in [-0.3, -0.25) is 0 Å². The zero-order valence-electron chi connectivity index (χ0n) is 8.32. The molecule has 2 heteroatoms. The van der Waals surface area contributed by atoms with Crippen LogP contribution in [0.15, 0.2) is 0 Å². The van der Waals surface area contributed by atoms with E-state index in [9.17, 15) is 0 Å². The molecule has 0 spiro atoms. The summed E-state index contributed by atoms with van der Waals surface area (Å²) >= 11 is 0. The van der Waals surface area contributed by atoms with E-state index in [2.05, 4.69) is 19.2 Å². The molecule has 0 aromatic carbocycles. The summed E-state index contributed by atoms with van der Waals surface area (Å²) in [6.07, 6.45) is 4.98. The number of hydrogen-bond donors (Lipinski definition) is 2. The van der Waals surface area contributed by atoms with E-state index in [4.69, 9.17) is 5.73 Å². The number of rotatable bonds is 5. The van der Waals surface area contributed by atoms with Crippen LogP contribution in [-0.2, 0) is 0 Å². The smallest absolute Gasteiger partial charge is 0.00520 e. The van der Waals surface area contributed by atoms with Crippen molar-refractivity contribution in [3.8, 4) is 0 Å². The highest BCUT2D eigenvalue weighted by Gasteiger charge is 1.73. The minimum absolute atomic E-state index is 0.844. The second kappa shape index (κ2) is 16.5. The van der Waals surface area contributed by atoms with E-state index in [0.29, 0.717) is 0 Å². The normalized spacial score (nSPS) is 8.73. The summed E-state index contributed by atoms with van der Waals surface area (Å²) in [5.41, 5.74) is 5.14. The van der Waals surface area contributed by atoms with Crippen LogP contribution in [0.25, 0.3) is 0 Å². The molecule has 0 aliphatic rings. The van der Waals surface area contributed by atoms with Crippen molar-refractivity contribution in [2.75, 3.05) is 20.1 Å². The Kier molecular flexibility index (Phi) is 20.2. The van der Waals surface area contributed by atoms with E-state index in [-0.39, 0.29) is 0 Å². The van der Waals surface area contributed by atoms with Crippen LogP contribution >= 0.6 is 0 Å². The van der Waals surface area contributed by atoms with Gasteiger partial charge in [0.1, 0.15) is 0 Å². The lowest BCUT2D eigenvalue weighted by molar-refractivity contribution is 0.711. The molecule has 0 amide bonds. The van der Waals surface area contributed by atoms with E-state index < -0.39 is 0 Å². The maximum absolute atomic E-state index is 5.14. The van der Waals surface area contributed by atoms with Gasteiger partial charge in [0.25, 0.3) is 0 Å². The lowest BCUT2D eigenvalue weighted by Crippen LogP contribution is -2.06. The first-order valence-electron chi connectivity index (χ1n) is 4.68. The number of unbranched alkanes of at least 4 members (excludes halogenated alkanes) is 2. The highest BCUT2D eigenvalue weighted by atomic mass is 14.8. The largest absolute Gasteiger partial charge is 0.330 e. The highest BCUT2D eigenvalue weighted by molar-refractivity contribution is 4.34. The van der Waals surface area contributed by atoms with E-state index in [1.165, 1.54) is 25.7 Å². The van der Waals surface area contributed by atoms with Gasteiger partial charge < -0.3 is 11.1 Å². The molecule has 3 N–H and O–H groups in total. The Labute approximate surface area is 71.6 Å². The van der Waals surface area contributed by atoms with Gasteiger partial charge in [0.05, 0.1) is 0 Å². The molecule has 0 aromatic rings. The molecule has 0 saturated carbocycles. The van der Waals surface area contributed by atoms with Crippen LogP contribution in [-0.4, -0.2) is 20.1 Å². The van der Waals surface area contributed by atoms with Gasteiger partial charge in [-0.2, -0.15) is 0 Å². The van der Waals surface area contributed by atoms with Crippen molar-refractivity contribution in [1.29, 1.82) is 0 Å². The van der Waals surface area contributed by atoms with Crippen LogP contribution in [0, 0.1) is 0 Å². The van der Waals surface area contributed by atoms with Gasteiger partial charge in [-0.25, -0.2) is 0 Å². The fourth-order valence-corrected chi connectivity index (χ4v) is 0.558. The number of nitrogens with two attached hydrogens (primary N) is 1. The van der Waals surface area contributed by atoms with Crippen molar-refractivity contribution in [2.24, 2.45) is 5.73 Å². The molecular weight excluding hydrogens is 136 g/mol. The van der Waals surface area contributed by atoms with Crippen LogP contribution in [0.1, 0.15) is 39.5 Å². The fourth-order valence-electron chi connectivity index (χ4n) is 0.558. The van der Waals surface area contributed by atoms with Crippen LogP contribution in [0.3, 0.4) is 0 Å². The molecule has 0 aliphatic heterocycles. The molecule has 0 unspecified atom stereocenters. The summed E-state index contributed by atoms with van der Waals surface area (Å²) in [6, 6.07) is 0. The molecule has 0 bridgehead atoms. The quantitative estimate of drug-likeness (QED) is 0.601. The molecule has 0 radical (unpaired) electrons. The fraction of sp³-hybridized carbons (Fsp3) is 1.00. The molecule has 0 fully saturated rings. The van der Waals surface area contributed by atoms with E-state index >= 15 is 0 Å². The lowest BCUT2D eigenvalue weighted by atomic mass is 10.3. The second-order valence-electron chi connectivity index (χ2n) is 2.60. The molecule has 70 valence electrons. The predicted molar refractivity (Wildman–Crippen MR) is 52.8 cm³/mol. The minimum Gasteiger partial charge on any atom is -0.330 e. The Morgan fingerprint density at radius 3 is 1.73 bits per heavy atom. The summed E-state index contributed by atoms with van der Waals surface area (Å²) in [5, 5.41) is 3.07. The van der Waals surface area contributed by atoms with Crippen molar-refractivity contribution >= 4 is 0 Å². The Hall–Kier alpha value is -0.0800. The molecule has 0 aromatic heterocycles. The number of hydrogen-bond acceptors (Lipinski definition) is 2. The molecule has 11 heavy (non-hydrogen) atoms. The van der Waals surface area contributed by atoms with Crippen molar-refractivity contribution in [1.82, 2.24) is 5.32 Å². The molecule has 0 atom stereocenters. The maximum atomic E-state index is 5.14. The monoisotopic (exact) mass is 160 g/mol. The Morgan fingerprint density at radius 1 is 1.09 bits per heavy atom. The summed E-state index contributed by atoms with van der Waals surface area (Å²) < 4.78 is 0. The average Bonchev–Trinajstić information content (AvgIpc) is 2.04. The van der Waals surface area contributed by atoms with Crippen LogP contribution in [0.5, 0.6) is 0 Å². The number of nitrogens with one attached hydrogen (secondary N) is 1. The van der Waals surface area contributed by atoms with Crippen LogP contribution in [0.2, 0.25) is 0 Å². The van der Waals surface area contributed by atoms with Crippen molar-refractivity contribution in [3.63, 3.8) is 0 Å². The Balaban J connectivity index is 0. The third kappa shape index (κ3) is 25.7. The average molecular weight is 160 g/mol. The predicted octanol–water partition coefficient (Wildman–Crippen LogP) is 1.75. The zero-order valence-corrected chi connectivity index (χ0v) is 8.32. The topological polar surface area (TPSA) is 38.0 Å². The summed E-state index contributed by atoms with van der Waals surface area (Å²) in [6.45, 7) is 6.33. The van der Waals surface area contributed by atoms with Gasteiger partial charge in [-0.1, -0.05) is 26.7 Å². The van der Waals surface area contributed by atoms with Gasteiger partial charge in [-0.05, 0) is 33.0 Å². The van der Waals surface area contributed by atoms with Crippen molar-refractivity contribution in [3.05, 3.63) is 0 Å². The standard InChI is InChI=1S/C5H13N.C4H11N/c1-3-4-5-6-2;1-2-3-4-5/h6H,3-5H2,1-2H3;2-5H2,1H3. The van der Waals surface area contributed by atoms with E-state index in [0.717, 1.165) is 13.1 Å². The Morgan fingerprint density at radius 2 is 1.64 bits per heavy atom. The molecular formula is C9H24N2. The van der Waals surface area contributed by atoms with Gasteiger partial charge in [0.2, 0.25) is 0 Å². The molecule has 0 rings (SSSR count). The van der Waals surface area contributed by atoms with Gasteiger partial charge in [0, 0.05) is 0 Å². The van der Waals surface area contributed by atoms with Crippen LogP contribution in [0.4, 0.5) is 0 Å². The maximum Gasteiger partial charge on any atom is -0.00520 e. The van der Waals surface area contributed by atoms with Gasteiger partial charge in [0.15, 0.2) is 0 Å². The van der Waals surface area contributed by atoms with E-state index in [1.807, 2.05) is 7.05 Å². The van der Waals surface area contributed by atoms with Crippen LogP contribution < -0.4 is 11.1 Å². The first-order valence-corrected chi connectivity index (χ1v) is 4.68. The molecule has 0 aliphatic carbocycles. The molecule has 0 heterocycles.